The quantitative estimate of drug-likeness (QED) is 0.607. The van der Waals surface area contributed by atoms with E-state index in [9.17, 15) is 4.79 Å². The van der Waals surface area contributed by atoms with Crippen molar-refractivity contribution in [3.05, 3.63) is 72.1 Å². The summed E-state index contributed by atoms with van der Waals surface area (Å²) in [4.78, 5) is 21.2. The van der Waals surface area contributed by atoms with Crippen molar-refractivity contribution in [2.24, 2.45) is 0 Å². The van der Waals surface area contributed by atoms with Crippen molar-refractivity contribution in [1.82, 2.24) is 15.0 Å². The standard InChI is InChI=1S/C24H24N4O2/c29-22(13-6-18-4-2-1-3-5-18)28-16-14-27(15-17-28)21-11-9-19(10-12-21)23-25-24(30-26-23)20-7-8-20/h1-6,9-13,20H,7-8,14-17H2/b13-6+. The first kappa shape index (κ1) is 18.6. The second kappa shape index (κ2) is 8.14. The van der Waals surface area contributed by atoms with Crippen LogP contribution in [0.2, 0.25) is 0 Å². The number of aromatic nitrogens is 2. The van der Waals surface area contributed by atoms with Gasteiger partial charge in [-0.15, -0.1) is 0 Å². The molecule has 1 saturated carbocycles. The van der Waals surface area contributed by atoms with Gasteiger partial charge in [-0.2, -0.15) is 4.98 Å². The second-order valence-corrected chi connectivity index (χ2v) is 7.83. The molecule has 1 amide bonds. The van der Waals surface area contributed by atoms with Crippen molar-refractivity contribution in [1.29, 1.82) is 0 Å². The van der Waals surface area contributed by atoms with Gasteiger partial charge in [0, 0.05) is 49.4 Å². The van der Waals surface area contributed by atoms with Crippen LogP contribution in [0.4, 0.5) is 5.69 Å². The zero-order chi connectivity index (χ0) is 20.3. The fourth-order valence-electron chi connectivity index (χ4n) is 3.69. The van der Waals surface area contributed by atoms with E-state index in [4.69, 9.17) is 4.52 Å². The van der Waals surface area contributed by atoms with E-state index >= 15 is 0 Å². The summed E-state index contributed by atoms with van der Waals surface area (Å²) >= 11 is 0. The Hall–Kier alpha value is -3.41. The number of nitrogens with zero attached hydrogens (tertiary/aromatic N) is 4. The SMILES string of the molecule is O=C(/C=C/c1ccccc1)N1CCN(c2ccc(-c3noc(C4CC4)n3)cc2)CC1. The van der Waals surface area contributed by atoms with E-state index in [1.165, 1.54) is 0 Å². The molecule has 30 heavy (non-hydrogen) atoms. The minimum Gasteiger partial charge on any atom is -0.368 e. The predicted octanol–water partition coefficient (Wildman–Crippen LogP) is 3.98. The van der Waals surface area contributed by atoms with Gasteiger partial charge < -0.3 is 14.3 Å². The molecule has 6 heteroatoms. The number of piperazine rings is 1. The van der Waals surface area contributed by atoms with Crippen LogP contribution in [-0.4, -0.2) is 47.1 Å². The molecule has 1 saturated heterocycles. The van der Waals surface area contributed by atoms with Crippen molar-refractivity contribution in [2.75, 3.05) is 31.1 Å². The van der Waals surface area contributed by atoms with Gasteiger partial charge in [0.2, 0.25) is 17.6 Å². The van der Waals surface area contributed by atoms with Gasteiger partial charge in [-0.1, -0.05) is 35.5 Å². The van der Waals surface area contributed by atoms with E-state index in [1.54, 1.807) is 6.08 Å². The van der Waals surface area contributed by atoms with E-state index < -0.39 is 0 Å². The molecule has 0 N–H and O–H groups in total. The van der Waals surface area contributed by atoms with Crippen LogP contribution >= 0.6 is 0 Å². The van der Waals surface area contributed by atoms with Crippen molar-refractivity contribution in [3.63, 3.8) is 0 Å². The van der Waals surface area contributed by atoms with Crippen LogP contribution in [0.1, 0.15) is 30.2 Å². The lowest BCUT2D eigenvalue weighted by molar-refractivity contribution is -0.126. The molecule has 2 aromatic carbocycles. The van der Waals surface area contributed by atoms with Crippen molar-refractivity contribution >= 4 is 17.7 Å². The third-order valence-electron chi connectivity index (χ3n) is 5.67. The number of rotatable bonds is 5. The van der Waals surface area contributed by atoms with Gasteiger partial charge in [-0.25, -0.2) is 0 Å². The molecule has 2 fully saturated rings. The van der Waals surface area contributed by atoms with E-state index in [-0.39, 0.29) is 5.91 Å². The number of carbonyl (C=O) groups excluding carboxylic acids is 1. The predicted molar refractivity (Wildman–Crippen MR) is 116 cm³/mol. The molecule has 3 aromatic rings. The van der Waals surface area contributed by atoms with Crippen LogP contribution in [0.15, 0.2) is 65.2 Å². The van der Waals surface area contributed by atoms with Gasteiger partial charge in [0.1, 0.15) is 0 Å². The summed E-state index contributed by atoms with van der Waals surface area (Å²) in [5.41, 5.74) is 3.15. The average Bonchev–Trinajstić information content (AvgIpc) is 3.55. The molecule has 6 nitrogen and oxygen atoms in total. The molecule has 0 radical (unpaired) electrons. The topological polar surface area (TPSA) is 62.5 Å². The third-order valence-corrected chi connectivity index (χ3v) is 5.67. The summed E-state index contributed by atoms with van der Waals surface area (Å²) in [5, 5.41) is 4.11. The summed E-state index contributed by atoms with van der Waals surface area (Å²) in [5.74, 6) is 1.95. The summed E-state index contributed by atoms with van der Waals surface area (Å²) < 4.78 is 5.36. The number of carbonyl (C=O) groups is 1. The van der Waals surface area contributed by atoms with Crippen LogP contribution in [0.3, 0.4) is 0 Å². The maximum Gasteiger partial charge on any atom is 0.246 e. The normalized spacial score (nSPS) is 16.9. The molecule has 0 spiro atoms. The Kier molecular flexibility index (Phi) is 5.05. The number of hydrogen-bond acceptors (Lipinski definition) is 5. The summed E-state index contributed by atoms with van der Waals surface area (Å²) in [6, 6.07) is 18.2. The van der Waals surface area contributed by atoms with Crippen molar-refractivity contribution in [2.45, 2.75) is 18.8 Å². The van der Waals surface area contributed by atoms with Gasteiger partial charge in [0.05, 0.1) is 0 Å². The number of hydrogen-bond donors (Lipinski definition) is 0. The molecule has 0 atom stereocenters. The van der Waals surface area contributed by atoms with E-state index in [0.717, 1.165) is 61.7 Å². The van der Waals surface area contributed by atoms with E-state index in [2.05, 4.69) is 27.2 Å². The number of benzene rings is 2. The fourth-order valence-corrected chi connectivity index (χ4v) is 3.69. The Morgan fingerprint density at radius 2 is 1.70 bits per heavy atom. The lowest BCUT2D eigenvalue weighted by Gasteiger charge is -2.35. The average molecular weight is 400 g/mol. The lowest BCUT2D eigenvalue weighted by Crippen LogP contribution is -2.48. The maximum atomic E-state index is 12.5. The molecule has 1 aromatic heterocycles. The fraction of sp³-hybridized carbons (Fsp3) is 0.292. The van der Waals surface area contributed by atoms with Gasteiger partial charge in [-0.3, -0.25) is 4.79 Å². The minimum atomic E-state index is 0.0671. The lowest BCUT2D eigenvalue weighted by atomic mass is 10.1. The minimum absolute atomic E-state index is 0.0671. The Morgan fingerprint density at radius 3 is 2.40 bits per heavy atom. The first-order valence-corrected chi connectivity index (χ1v) is 10.5. The van der Waals surface area contributed by atoms with Gasteiger partial charge >= 0.3 is 0 Å². The van der Waals surface area contributed by atoms with Crippen LogP contribution in [0.5, 0.6) is 0 Å². The largest absolute Gasteiger partial charge is 0.368 e. The Bertz CT molecular complexity index is 1030. The zero-order valence-corrected chi connectivity index (χ0v) is 16.8. The van der Waals surface area contributed by atoms with Crippen LogP contribution in [0.25, 0.3) is 17.5 Å². The first-order valence-electron chi connectivity index (χ1n) is 10.5. The Morgan fingerprint density at radius 1 is 0.967 bits per heavy atom. The van der Waals surface area contributed by atoms with Gasteiger partial charge in [0.15, 0.2) is 0 Å². The second-order valence-electron chi connectivity index (χ2n) is 7.83. The van der Waals surface area contributed by atoms with Crippen LogP contribution in [-0.2, 0) is 4.79 Å². The Labute approximate surface area is 175 Å². The molecular formula is C24H24N4O2. The molecule has 152 valence electrons. The molecule has 2 heterocycles. The van der Waals surface area contributed by atoms with Crippen LogP contribution < -0.4 is 4.90 Å². The summed E-state index contributed by atoms with van der Waals surface area (Å²) in [6.45, 7) is 3.07. The van der Waals surface area contributed by atoms with E-state index in [1.807, 2.05) is 53.4 Å². The molecule has 5 rings (SSSR count). The maximum absolute atomic E-state index is 12.5. The highest BCUT2D eigenvalue weighted by molar-refractivity contribution is 5.92. The zero-order valence-electron chi connectivity index (χ0n) is 16.8. The van der Waals surface area contributed by atoms with Gasteiger partial charge in [-0.05, 0) is 48.7 Å². The van der Waals surface area contributed by atoms with Crippen molar-refractivity contribution in [3.8, 4) is 11.4 Å². The molecular weight excluding hydrogens is 376 g/mol. The number of amides is 1. The molecule has 2 aliphatic rings. The highest BCUT2D eigenvalue weighted by Crippen LogP contribution is 2.39. The Balaban J connectivity index is 1.17. The third kappa shape index (κ3) is 4.13. The van der Waals surface area contributed by atoms with Crippen LogP contribution in [0, 0.1) is 0 Å². The molecule has 0 unspecified atom stereocenters. The summed E-state index contributed by atoms with van der Waals surface area (Å²) in [7, 11) is 0. The molecule has 1 aliphatic carbocycles. The highest BCUT2D eigenvalue weighted by Gasteiger charge is 2.29. The van der Waals surface area contributed by atoms with Gasteiger partial charge in [0.25, 0.3) is 0 Å². The summed E-state index contributed by atoms with van der Waals surface area (Å²) in [6.07, 6.45) is 5.84. The molecule has 1 aliphatic heterocycles. The number of anilines is 1. The monoisotopic (exact) mass is 400 g/mol. The molecule has 0 bridgehead atoms. The highest BCUT2D eigenvalue weighted by atomic mass is 16.5. The van der Waals surface area contributed by atoms with E-state index in [0.29, 0.717) is 11.7 Å². The first-order chi connectivity index (χ1) is 14.8. The smallest absolute Gasteiger partial charge is 0.246 e. The van der Waals surface area contributed by atoms with Crippen molar-refractivity contribution < 1.29 is 9.32 Å².